The first-order chi connectivity index (χ1) is 31.6. The lowest BCUT2D eigenvalue weighted by Crippen LogP contribution is -2.64. The van der Waals surface area contributed by atoms with Crippen molar-refractivity contribution in [2.45, 2.75) is 176 Å². The number of ether oxygens (including phenoxy) is 6. The summed E-state index contributed by atoms with van der Waals surface area (Å²) in [5.74, 6) is -4.95. The number of alkyl halides is 24. The third kappa shape index (κ3) is 13.2. The number of carbonyl (C=O) groups is 1. The molecule has 4 rings (SSSR count). The first-order valence-corrected chi connectivity index (χ1v) is 21.0. The largest absolute Gasteiger partial charge is 0.510 e. The summed E-state index contributed by atoms with van der Waals surface area (Å²) in [6.07, 6.45) is -61.9. The lowest BCUT2D eigenvalue weighted by atomic mass is 9.81. The molecular weight excluding hydrogens is 1050 g/mol. The molecule has 0 aromatic heterocycles. The molecule has 0 aliphatic heterocycles. The summed E-state index contributed by atoms with van der Waals surface area (Å²) in [7, 11) is 0. The van der Waals surface area contributed by atoms with Crippen LogP contribution in [0.2, 0.25) is 0 Å². The predicted octanol–water partition coefficient (Wildman–Crippen LogP) is 14.5. The normalized spacial score (nSPS) is 24.4. The van der Waals surface area contributed by atoms with E-state index in [1.807, 2.05) is 0 Å². The van der Waals surface area contributed by atoms with E-state index in [4.69, 9.17) is 0 Å². The Morgan fingerprint density at radius 3 is 1.11 bits per heavy atom. The first kappa shape index (κ1) is 62.2. The van der Waals surface area contributed by atoms with E-state index < -0.39 is 152 Å². The van der Waals surface area contributed by atoms with Crippen LogP contribution in [0.25, 0.3) is 0 Å². The Kier molecular flexibility index (Phi) is 18.0. The molecule has 7 nitrogen and oxygen atoms in total. The van der Waals surface area contributed by atoms with Crippen molar-refractivity contribution in [1.82, 2.24) is 0 Å². The Bertz CT molecular complexity index is 1780. The molecule has 0 heterocycles. The van der Waals surface area contributed by atoms with Gasteiger partial charge in [0.1, 0.15) is 12.4 Å². The third-order valence-electron chi connectivity index (χ3n) is 12.1. The van der Waals surface area contributed by atoms with Crippen LogP contribution in [0.5, 0.6) is 0 Å². The van der Waals surface area contributed by atoms with Crippen molar-refractivity contribution in [3.63, 3.8) is 0 Å². The molecular formula is C40H46F24O7. The van der Waals surface area contributed by atoms with E-state index in [2.05, 4.69) is 28.4 Å². The fourth-order valence-electron chi connectivity index (χ4n) is 8.73. The molecule has 0 N–H and O–H groups in total. The van der Waals surface area contributed by atoms with Gasteiger partial charge in [-0.05, 0) is 90.4 Å². The molecule has 416 valence electrons. The van der Waals surface area contributed by atoms with Crippen molar-refractivity contribution in [1.29, 1.82) is 0 Å². The quantitative estimate of drug-likeness (QED) is 0.0501. The molecule has 7 atom stereocenters. The average Bonchev–Trinajstić information content (AvgIpc) is 3.95. The first-order valence-electron chi connectivity index (χ1n) is 21.0. The maximum Gasteiger partial charge on any atom is 0.510 e. The van der Waals surface area contributed by atoms with Crippen LogP contribution in [0.15, 0.2) is 24.3 Å². The van der Waals surface area contributed by atoms with E-state index in [9.17, 15) is 110 Å². The van der Waals surface area contributed by atoms with E-state index in [-0.39, 0.29) is 38.2 Å². The number of hydrogen-bond donors (Lipinski definition) is 0. The molecule has 4 aliphatic carbocycles. The van der Waals surface area contributed by atoms with Crippen molar-refractivity contribution in [2.24, 2.45) is 29.6 Å². The fraction of sp³-hybridized carbons (Fsp3) is 0.875. The van der Waals surface area contributed by atoms with Gasteiger partial charge in [-0.3, -0.25) is 0 Å². The van der Waals surface area contributed by atoms with Gasteiger partial charge in [-0.15, -0.1) is 0 Å². The molecule has 0 amide bonds. The van der Waals surface area contributed by atoms with Crippen molar-refractivity contribution < 1.29 is 139 Å². The van der Waals surface area contributed by atoms with Gasteiger partial charge in [-0.1, -0.05) is 31.2 Å². The summed E-state index contributed by atoms with van der Waals surface area (Å²) in [6, 6.07) is 0. The van der Waals surface area contributed by atoms with Crippen LogP contribution in [-0.4, -0.2) is 109 Å². The Hall–Kier alpha value is -3.09. The Balaban J connectivity index is 0.000000375. The lowest BCUT2D eigenvalue weighted by Gasteiger charge is -2.43. The van der Waals surface area contributed by atoms with Crippen LogP contribution in [-0.2, 0) is 28.4 Å². The summed E-state index contributed by atoms with van der Waals surface area (Å²) < 4.78 is 355. The number of halogens is 24. The Morgan fingerprint density at radius 2 is 0.817 bits per heavy atom. The van der Waals surface area contributed by atoms with Crippen LogP contribution in [0.3, 0.4) is 0 Å². The number of rotatable bonds is 16. The molecule has 0 aromatic rings. The molecule has 0 spiro atoms. The highest BCUT2D eigenvalue weighted by Crippen LogP contribution is 2.59. The molecule has 0 saturated heterocycles. The molecule has 2 saturated carbocycles. The molecule has 4 bridgehead atoms. The SMILES string of the molecule is CC(C)(C)OC(=O)OC(CCC(OC1CC2C=CC1C2)(C(F)(F)F)C(F)(F)F)(C(F)(F)F)C(F)(F)F.CCOCOC(CC(C)CC(OC1CC2C=CC1C2)(C(F)(F)F)C(F)(F)F)(C(F)(F)F)C(F)(F)F. The minimum atomic E-state index is -6.68. The minimum absolute atomic E-state index is 0.118. The Morgan fingerprint density at radius 1 is 0.479 bits per heavy atom. The second-order valence-corrected chi connectivity index (χ2v) is 18.5. The monoisotopic (exact) mass is 1090 g/mol. The second kappa shape index (κ2) is 20.6. The van der Waals surface area contributed by atoms with Crippen molar-refractivity contribution >= 4 is 6.16 Å². The number of hydrogen-bond acceptors (Lipinski definition) is 7. The van der Waals surface area contributed by atoms with Crippen LogP contribution in [0.4, 0.5) is 110 Å². The van der Waals surface area contributed by atoms with Crippen molar-refractivity contribution in [3.8, 4) is 0 Å². The molecule has 7 unspecified atom stereocenters. The standard InChI is InChI=1S/C20H22F12O4.C20H24F12O3/c1-14(2,3)35-13(33)36-16(19(27,28)29,20(30,31)32)7-6-15(17(21,22)23,18(24,25)26)34-12-9-10-4-5-11(12)8-10;1-3-33-10-34-15(17(21,22)23,18(24,25)26)8-11(2)9-16(19(27,28)29,20(30,31)32)35-14-7-12-4-5-13(14)6-12/h4-5,10-12H,6-9H2,1-3H3;4-5,11-14H,3,6-10H2,1-2H3. The number of carbonyl (C=O) groups excluding carboxylic acids is 1. The second-order valence-electron chi connectivity index (χ2n) is 18.5. The highest BCUT2D eigenvalue weighted by Gasteiger charge is 2.80. The molecule has 71 heavy (non-hydrogen) atoms. The van der Waals surface area contributed by atoms with Crippen molar-refractivity contribution in [2.75, 3.05) is 13.4 Å². The van der Waals surface area contributed by atoms with Crippen LogP contribution in [0, 0.1) is 29.6 Å². The highest BCUT2D eigenvalue weighted by molar-refractivity contribution is 5.61. The maximum absolute atomic E-state index is 13.9. The molecule has 4 aliphatic rings. The molecule has 0 radical (unpaired) electrons. The van der Waals surface area contributed by atoms with E-state index in [0.717, 1.165) is 20.8 Å². The maximum atomic E-state index is 13.9. The van der Waals surface area contributed by atoms with Gasteiger partial charge in [0.15, 0.2) is 0 Å². The van der Waals surface area contributed by atoms with Crippen molar-refractivity contribution in [3.05, 3.63) is 24.3 Å². The average molecular weight is 1090 g/mol. The summed E-state index contributed by atoms with van der Waals surface area (Å²) in [5.41, 5.74) is -22.9. The smallest absolute Gasteiger partial charge is 0.429 e. The third-order valence-corrected chi connectivity index (χ3v) is 12.1. The molecule has 2 fully saturated rings. The summed E-state index contributed by atoms with van der Waals surface area (Å²) in [5, 5.41) is 0. The molecule has 0 aromatic carbocycles. The minimum Gasteiger partial charge on any atom is -0.429 e. The van der Waals surface area contributed by atoms with Crippen LogP contribution < -0.4 is 0 Å². The summed E-state index contributed by atoms with van der Waals surface area (Å²) >= 11 is 0. The van der Waals surface area contributed by atoms with Gasteiger partial charge in [0.2, 0.25) is 0 Å². The fourth-order valence-corrected chi connectivity index (χ4v) is 8.73. The topological polar surface area (TPSA) is 72.5 Å². The van der Waals surface area contributed by atoms with Gasteiger partial charge in [-0.2, -0.15) is 105 Å². The summed E-state index contributed by atoms with van der Waals surface area (Å²) in [4.78, 5) is 11.7. The predicted molar refractivity (Wildman–Crippen MR) is 192 cm³/mol. The zero-order valence-electron chi connectivity index (χ0n) is 37.4. The Labute approximate surface area is 387 Å². The lowest BCUT2D eigenvalue weighted by molar-refractivity contribution is -0.407. The zero-order valence-corrected chi connectivity index (χ0v) is 37.4. The van der Waals surface area contributed by atoms with E-state index in [0.29, 0.717) is 6.92 Å². The van der Waals surface area contributed by atoms with Crippen LogP contribution >= 0.6 is 0 Å². The van der Waals surface area contributed by atoms with E-state index in [1.54, 1.807) is 6.08 Å². The van der Waals surface area contributed by atoms with Gasteiger partial charge in [0.05, 0.1) is 12.2 Å². The van der Waals surface area contributed by atoms with Gasteiger partial charge in [0.25, 0.3) is 16.8 Å². The van der Waals surface area contributed by atoms with Crippen LogP contribution in [0.1, 0.15) is 86.0 Å². The zero-order chi connectivity index (χ0) is 55.3. The summed E-state index contributed by atoms with van der Waals surface area (Å²) in [6.45, 7) is 2.80. The van der Waals surface area contributed by atoms with Gasteiger partial charge in [-0.25, -0.2) is 4.79 Å². The highest BCUT2D eigenvalue weighted by atomic mass is 19.4. The number of fused-ring (bicyclic) bond motifs is 4. The van der Waals surface area contributed by atoms with E-state index in [1.165, 1.54) is 25.2 Å². The molecule has 31 heteroatoms. The van der Waals surface area contributed by atoms with E-state index >= 15 is 0 Å². The number of allylic oxidation sites excluding steroid dienone is 2. The van der Waals surface area contributed by atoms with Gasteiger partial charge in [0, 0.05) is 24.9 Å². The van der Waals surface area contributed by atoms with Gasteiger partial charge >= 0.3 is 61.2 Å². The van der Waals surface area contributed by atoms with Gasteiger partial charge < -0.3 is 28.4 Å².